The van der Waals surface area contributed by atoms with E-state index in [-0.39, 0.29) is 0 Å². The minimum Gasteiger partial charge on any atom is -0.394 e. The summed E-state index contributed by atoms with van der Waals surface area (Å²) in [5, 5.41) is 7.84. The second kappa shape index (κ2) is 4.59. The summed E-state index contributed by atoms with van der Waals surface area (Å²) in [5.41, 5.74) is 8.20. The van der Waals surface area contributed by atoms with Crippen LogP contribution in [0.1, 0.15) is 44.7 Å². The van der Waals surface area contributed by atoms with E-state index in [1.807, 2.05) is 18.7 Å². The molecule has 0 radical (unpaired) electrons. The van der Waals surface area contributed by atoms with Gasteiger partial charge in [-0.2, -0.15) is 5.10 Å². The molecule has 0 saturated heterocycles. The quantitative estimate of drug-likeness (QED) is 0.845. The van der Waals surface area contributed by atoms with Crippen LogP contribution in [0.5, 0.6) is 0 Å². The normalized spacial score (nSPS) is 18.5. The first-order chi connectivity index (χ1) is 8.08. The van der Waals surface area contributed by atoms with E-state index in [2.05, 4.69) is 17.3 Å². The lowest BCUT2D eigenvalue weighted by Gasteiger charge is -2.28. The molecule has 1 aliphatic rings. The summed E-state index contributed by atoms with van der Waals surface area (Å²) < 4.78 is 1.85. The topological polar surface area (TPSA) is 55.9 Å². The van der Waals surface area contributed by atoms with Gasteiger partial charge in [-0.1, -0.05) is 19.8 Å². The Morgan fingerprint density at radius 3 is 2.53 bits per heavy atom. The van der Waals surface area contributed by atoms with Gasteiger partial charge >= 0.3 is 0 Å². The zero-order valence-electron chi connectivity index (χ0n) is 11.2. The minimum absolute atomic E-state index is 0.477. The molecule has 0 atom stereocenters. The average molecular weight is 236 g/mol. The predicted octanol–water partition coefficient (Wildman–Crippen LogP) is 2.69. The van der Waals surface area contributed by atoms with Crippen LogP contribution in [0.15, 0.2) is 0 Å². The Morgan fingerprint density at radius 1 is 1.41 bits per heavy atom. The standard InChI is InChI=1S/C13H24N4/c1-4-13(7-5-6-8-13)9-15-12-11(14)10(2)16-17(12)3/h15H,4-9,14H2,1-3H3. The van der Waals surface area contributed by atoms with Crippen LogP contribution < -0.4 is 11.1 Å². The lowest BCUT2D eigenvalue weighted by atomic mass is 9.83. The predicted molar refractivity (Wildman–Crippen MR) is 72.0 cm³/mol. The number of nitrogens with one attached hydrogen (secondary N) is 1. The van der Waals surface area contributed by atoms with E-state index >= 15 is 0 Å². The number of aromatic nitrogens is 2. The van der Waals surface area contributed by atoms with E-state index in [0.717, 1.165) is 23.7 Å². The molecule has 1 aromatic rings. The maximum absolute atomic E-state index is 6.03. The zero-order valence-corrected chi connectivity index (χ0v) is 11.2. The van der Waals surface area contributed by atoms with E-state index < -0.39 is 0 Å². The molecule has 0 amide bonds. The fourth-order valence-corrected chi connectivity index (χ4v) is 2.94. The molecule has 17 heavy (non-hydrogen) atoms. The zero-order chi connectivity index (χ0) is 12.5. The highest BCUT2D eigenvalue weighted by molar-refractivity contribution is 5.64. The largest absolute Gasteiger partial charge is 0.394 e. The lowest BCUT2D eigenvalue weighted by Crippen LogP contribution is -2.26. The van der Waals surface area contributed by atoms with E-state index in [9.17, 15) is 0 Å². The van der Waals surface area contributed by atoms with Gasteiger partial charge in [-0.3, -0.25) is 4.68 Å². The molecule has 96 valence electrons. The first-order valence-corrected chi connectivity index (χ1v) is 6.61. The summed E-state index contributed by atoms with van der Waals surface area (Å²) in [7, 11) is 1.94. The highest BCUT2D eigenvalue weighted by Gasteiger charge is 2.32. The van der Waals surface area contributed by atoms with Gasteiger partial charge in [0.2, 0.25) is 0 Å². The third-order valence-electron chi connectivity index (χ3n) is 4.31. The summed E-state index contributed by atoms with van der Waals surface area (Å²) in [5.74, 6) is 0.974. The van der Waals surface area contributed by atoms with Crippen LogP contribution in [-0.4, -0.2) is 16.3 Å². The van der Waals surface area contributed by atoms with Crippen molar-refractivity contribution >= 4 is 11.5 Å². The fourth-order valence-electron chi connectivity index (χ4n) is 2.94. The number of anilines is 2. The third kappa shape index (κ3) is 2.26. The maximum Gasteiger partial charge on any atom is 0.147 e. The molecule has 4 heteroatoms. The Kier molecular flexibility index (Phi) is 3.31. The van der Waals surface area contributed by atoms with Gasteiger partial charge in [-0.05, 0) is 31.6 Å². The maximum atomic E-state index is 6.03. The van der Waals surface area contributed by atoms with Crippen LogP contribution in [0.3, 0.4) is 0 Å². The van der Waals surface area contributed by atoms with E-state index in [1.165, 1.54) is 32.1 Å². The molecule has 0 aromatic carbocycles. The molecule has 0 aliphatic heterocycles. The number of aryl methyl sites for hydroxylation is 2. The Balaban J connectivity index is 2.06. The van der Waals surface area contributed by atoms with Crippen molar-refractivity contribution in [2.24, 2.45) is 12.5 Å². The summed E-state index contributed by atoms with van der Waals surface area (Å²) >= 11 is 0. The van der Waals surface area contributed by atoms with Crippen LogP contribution in [0.2, 0.25) is 0 Å². The Hall–Kier alpha value is -1.19. The minimum atomic E-state index is 0.477. The molecule has 0 spiro atoms. The molecule has 1 fully saturated rings. The summed E-state index contributed by atoms with van der Waals surface area (Å²) in [6, 6.07) is 0. The number of hydrogen-bond acceptors (Lipinski definition) is 3. The Bertz CT molecular complexity index is 388. The van der Waals surface area contributed by atoms with Crippen molar-refractivity contribution in [3.63, 3.8) is 0 Å². The molecule has 3 N–H and O–H groups in total. The van der Waals surface area contributed by atoms with Gasteiger partial charge < -0.3 is 11.1 Å². The summed E-state index contributed by atoms with van der Waals surface area (Å²) in [6.45, 7) is 5.27. The summed E-state index contributed by atoms with van der Waals surface area (Å²) in [4.78, 5) is 0. The second-order valence-corrected chi connectivity index (χ2v) is 5.39. The molecule has 0 unspecified atom stereocenters. The second-order valence-electron chi connectivity index (χ2n) is 5.39. The molecule has 2 rings (SSSR count). The molecular weight excluding hydrogens is 212 g/mol. The first-order valence-electron chi connectivity index (χ1n) is 6.61. The number of nitrogens with two attached hydrogens (primary N) is 1. The monoisotopic (exact) mass is 236 g/mol. The summed E-state index contributed by atoms with van der Waals surface area (Å²) in [6.07, 6.45) is 6.67. The molecule has 0 bridgehead atoms. The van der Waals surface area contributed by atoms with Gasteiger partial charge in [-0.25, -0.2) is 0 Å². The smallest absolute Gasteiger partial charge is 0.147 e. The highest BCUT2D eigenvalue weighted by Crippen LogP contribution is 2.41. The molecule has 1 aromatic heterocycles. The number of rotatable bonds is 4. The lowest BCUT2D eigenvalue weighted by molar-refractivity contribution is 0.306. The first kappa shape index (κ1) is 12.3. The average Bonchev–Trinajstić information content (AvgIpc) is 2.86. The van der Waals surface area contributed by atoms with Crippen LogP contribution in [0.4, 0.5) is 11.5 Å². The van der Waals surface area contributed by atoms with Gasteiger partial charge in [0.15, 0.2) is 0 Å². The number of nitrogen functional groups attached to an aromatic ring is 1. The van der Waals surface area contributed by atoms with Crippen molar-refractivity contribution in [2.45, 2.75) is 46.0 Å². The SMILES string of the molecule is CCC1(CNc2c(N)c(C)nn2C)CCCC1. The van der Waals surface area contributed by atoms with Crippen molar-refractivity contribution < 1.29 is 0 Å². The van der Waals surface area contributed by atoms with Gasteiger partial charge in [0.1, 0.15) is 5.82 Å². The van der Waals surface area contributed by atoms with Crippen molar-refractivity contribution in [2.75, 3.05) is 17.6 Å². The molecule has 1 saturated carbocycles. The third-order valence-corrected chi connectivity index (χ3v) is 4.31. The van der Waals surface area contributed by atoms with Gasteiger partial charge in [0, 0.05) is 13.6 Å². The van der Waals surface area contributed by atoms with Gasteiger partial charge in [0.25, 0.3) is 0 Å². The van der Waals surface area contributed by atoms with Crippen molar-refractivity contribution in [1.29, 1.82) is 0 Å². The molecule has 4 nitrogen and oxygen atoms in total. The number of nitrogens with zero attached hydrogens (tertiary/aromatic N) is 2. The van der Waals surface area contributed by atoms with Crippen LogP contribution in [0, 0.1) is 12.3 Å². The molecule has 1 heterocycles. The highest BCUT2D eigenvalue weighted by atomic mass is 15.3. The number of hydrogen-bond donors (Lipinski definition) is 2. The Morgan fingerprint density at radius 2 is 2.06 bits per heavy atom. The van der Waals surface area contributed by atoms with Gasteiger partial charge in [-0.15, -0.1) is 0 Å². The van der Waals surface area contributed by atoms with Crippen molar-refractivity contribution in [3.8, 4) is 0 Å². The van der Waals surface area contributed by atoms with Crippen molar-refractivity contribution in [3.05, 3.63) is 5.69 Å². The molecular formula is C13H24N4. The van der Waals surface area contributed by atoms with E-state index in [0.29, 0.717) is 5.41 Å². The fraction of sp³-hybridized carbons (Fsp3) is 0.769. The molecule has 1 aliphatic carbocycles. The van der Waals surface area contributed by atoms with Crippen LogP contribution >= 0.6 is 0 Å². The van der Waals surface area contributed by atoms with E-state index in [4.69, 9.17) is 5.73 Å². The van der Waals surface area contributed by atoms with Crippen LogP contribution in [0.25, 0.3) is 0 Å². The Labute approximate surface area is 104 Å². The van der Waals surface area contributed by atoms with Crippen LogP contribution in [-0.2, 0) is 7.05 Å². The van der Waals surface area contributed by atoms with Gasteiger partial charge in [0.05, 0.1) is 11.4 Å². The van der Waals surface area contributed by atoms with E-state index in [1.54, 1.807) is 0 Å². The van der Waals surface area contributed by atoms with Crippen molar-refractivity contribution in [1.82, 2.24) is 9.78 Å².